The second-order valence-corrected chi connectivity index (χ2v) is 3.33. The molecule has 5 nitrogen and oxygen atoms in total. The van der Waals surface area contributed by atoms with E-state index in [4.69, 9.17) is 8.76 Å². The smallest absolute Gasteiger partial charge is 0.221 e. The first-order valence-electron chi connectivity index (χ1n) is 4.09. The van der Waals surface area contributed by atoms with E-state index in [1.807, 2.05) is 31.2 Å². The van der Waals surface area contributed by atoms with Crippen LogP contribution in [0.25, 0.3) is 0 Å². The first-order valence-corrected chi connectivity index (χ1v) is 5.23. The Morgan fingerprint density at radius 1 is 1.53 bits per heavy atom. The standard InChI is InChI=1S/C9H11NO.H3NO2S/c1-7-4-3-5-9(6-7)10-8(2)11;1-4(2)3/h3-6H,1-2H3,(H,10,11);1H2,(H,2,3)/p-1. The molecule has 0 aromatic heterocycles. The highest BCUT2D eigenvalue weighted by molar-refractivity contribution is 7.76. The number of hydrogen-bond acceptors (Lipinski definition) is 3. The number of anilines is 1. The van der Waals surface area contributed by atoms with E-state index >= 15 is 0 Å². The van der Waals surface area contributed by atoms with Gasteiger partial charge in [0, 0.05) is 23.9 Å². The van der Waals surface area contributed by atoms with E-state index in [1.54, 1.807) is 0 Å². The summed E-state index contributed by atoms with van der Waals surface area (Å²) in [5.41, 5.74) is 2.01. The maximum atomic E-state index is 10.6. The molecule has 0 bridgehead atoms. The molecule has 15 heavy (non-hydrogen) atoms. The quantitative estimate of drug-likeness (QED) is 0.693. The summed E-state index contributed by atoms with van der Waals surface area (Å²) in [6.45, 7) is 3.49. The zero-order valence-corrected chi connectivity index (χ0v) is 9.34. The van der Waals surface area contributed by atoms with Gasteiger partial charge in [-0.15, -0.1) is 0 Å². The second kappa shape index (κ2) is 7.10. The minimum absolute atomic E-state index is 0.0319. The molecule has 6 heteroatoms. The molecule has 84 valence electrons. The number of nitrogens with two attached hydrogens (primary N) is 1. The summed E-state index contributed by atoms with van der Waals surface area (Å²) in [6.07, 6.45) is 0. The van der Waals surface area contributed by atoms with Crippen LogP contribution in [0.4, 0.5) is 5.69 Å². The van der Waals surface area contributed by atoms with Gasteiger partial charge in [0.1, 0.15) is 0 Å². The molecule has 1 aromatic rings. The lowest BCUT2D eigenvalue weighted by Gasteiger charge is -2.01. The third-order valence-electron chi connectivity index (χ3n) is 1.34. The van der Waals surface area contributed by atoms with Crippen LogP contribution in [0.5, 0.6) is 0 Å². The van der Waals surface area contributed by atoms with Crippen LogP contribution < -0.4 is 10.5 Å². The second-order valence-electron chi connectivity index (χ2n) is 2.81. The summed E-state index contributed by atoms with van der Waals surface area (Å²) < 4.78 is 17.6. The molecule has 3 N–H and O–H groups in total. The van der Waals surface area contributed by atoms with Gasteiger partial charge in [0.15, 0.2) is 0 Å². The molecule has 1 aromatic carbocycles. The van der Waals surface area contributed by atoms with E-state index in [2.05, 4.69) is 10.5 Å². The van der Waals surface area contributed by atoms with Crippen molar-refractivity contribution in [2.45, 2.75) is 13.8 Å². The molecular formula is C9H13N2O3S-. The highest BCUT2D eigenvalue weighted by Crippen LogP contribution is 2.08. The van der Waals surface area contributed by atoms with E-state index in [9.17, 15) is 4.79 Å². The minimum atomic E-state index is -2.36. The van der Waals surface area contributed by atoms with Gasteiger partial charge >= 0.3 is 0 Å². The van der Waals surface area contributed by atoms with Gasteiger partial charge in [0.2, 0.25) is 5.91 Å². The molecule has 1 rings (SSSR count). The summed E-state index contributed by atoms with van der Waals surface area (Å²) >= 11 is -2.36. The molecule has 0 saturated heterocycles. The molecule has 1 atom stereocenters. The summed E-state index contributed by atoms with van der Waals surface area (Å²) in [5, 5.41) is 6.73. The molecule has 1 amide bonds. The van der Waals surface area contributed by atoms with E-state index in [0.717, 1.165) is 11.3 Å². The van der Waals surface area contributed by atoms with Crippen molar-refractivity contribution in [1.82, 2.24) is 0 Å². The van der Waals surface area contributed by atoms with Crippen molar-refractivity contribution in [1.29, 1.82) is 0 Å². The van der Waals surface area contributed by atoms with Crippen molar-refractivity contribution in [3.05, 3.63) is 29.8 Å². The van der Waals surface area contributed by atoms with Crippen LogP contribution in [0.1, 0.15) is 12.5 Å². The maximum absolute atomic E-state index is 10.6. The fourth-order valence-electron chi connectivity index (χ4n) is 0.926. The van der Waals surface area contributed by atoms with E-state index < -0.39 is 11.3 Å². The first-order chi connectivity index (χ1) is 6.91. The molecule has 1 unspecified atom stereocenters. The maximum Gasteiger partial charge on any atom is 0.221 e. The van der Waals surface area contributed by atoms with Crippen LogP contribution in [0.15, 0.2) is 24.3 Å². The van der Waals surface area contributed by atoms with Crippen LogP contribution in [-0.4, -0.2) is 14.7 Å². The SMILES string of the molecule is CC(=O)Nc1cccc(C)c1.NS(=O)[O-]. The average molecular weight is 229 g/mol. The largest absolute Gasteiger partial charge is 0.760 e. The molecule has 0 radical (unpaired) electrons. The lowest BCUT2D eigenvalue weighted by molar-refractivity contribution is -0.114. The molecular weight excluding hydrogens is 216 g/mol. The van der Waals surface area contributed by atoms with Crippen LogP contribution >= 0.6 is 0 Å². The zero-order chi connectivity index (χ0) is 11.8. The van der Waals surface area contributed by atoms with Crippen molar-refractivity contribution in [2.75, 3.05) is 5.32 Å². The van der Waals surface area contributed by atoms with Crippen molar-refractivity contribution >= 4 is 22.9 Å². The topological polar surface area (TPSA) is 95.2 Å². The summed E-state index contributed by atoms with van der Waals surface area (Å²) in [4.78, 5) is 10.6. The zero-order valence-electron chi connectivity index (χ0n) is 8.52. The van der Waals surface area contributed by atoms with Crippen molar-refractivity contribution in [3.63, 3.8) is 0 Å². The normalized spacial score (nSPS) is 10.9. The fraction of sp³-hybridized carbons (Fsp3) is 0.222. The number of hydrogen-bond donors (Lipinski definition) is 2. The number of rotatable bonds is 1. The number of aryl methyl sites for hydroxylation is 1. The number of carbonyl (C=O) groups is 1. The van der Waals surface area contributed by atoms with Gasteiger partial charge in [0.25, 0.3) is 0 Å². The third-order valence-corrected chi connectivity index (χ3v) is 1.34. The highest BCUT2D eigenvalue weighted by Gasteiger charge is 1.93. The molecule has 0 aliphatic rings. The Morgan fingerprint density at radius 3 is 2.47 bits per heavy atom. The summed E-state index contributed by atoms with van der Waals surface area (Å²) in [5.74, 6) is -0.0319. The van der Waals surface area contributed by atoms with Gasteiger partial charge in [-0.3, -0.25) is 14.1 Å². The van der Waals surface area contributed by atoms with Gasteiger partial charge in [-0.25, -0.2) is 0 Å². The lowest BCUT2D eigenvalue weighted by Crippen LogP contribution is -2.05. The Bertz CT molecular complexity index is 351. The molecule has 0 aliphatic carbocycles. The number of benzene rings is 1. The van der Waals surface area contributed by atoms with Gasteiger partial charge in [-0.05, 0) is 24.6 Å². The monoisotopic (exact) mass is 229 g/mol. The first kappa shape index (κ1) is 13.8. The van der Waals surface area contributed by atoms with Crippen LogP contribution in [0.2, 0.25) is 0 Å². The molecule has 0 fully saturated rings. The van der Waals surface area contributed by atoms with Crippen LogP contribution in [0, 0.1) is 6.92 Å². The van der Waals surface area contributed by atoms with Crippen LogP contribution in [0.3, 0.4) is 0 Å². The Hall–Kier alpha value is -1.24. The van der Waals surface area contributed by atoms with Gasteiger partial charge in [0.05, 0.1) is 0 Å². The number of amides is 1. The average Bonchev–Trinajstić information content (AvgIpc) is 2.00. The Kier molecular flexibility index (Phi) is 6.52. The number of nitrogens with one attached hydrogen (secondary N) is 1. The van der Waals surface area contributed by atoms with Crippen molar-refractivity contribution in [3.8, 4) is 0 Å². The number of carbonyl (C=O) groups excluding carboxylic acids is 1. The summed E-state index contributed by atoms with van der Waals surface area (Å²) in [6, 6.07) is 7.71. The molecule has 0 saturated carbocycles. The Balaban J connectivity index is 0.000000423. The summed E-state index contributed by atoms with van der Waals surface area (Å²) in [7, 11) is 0. The molecule has 0 heterocycles. The van der Waals surface area contributed by atoms with Crippen molar-refractivity contribution in [2.24, 2.45) is 5.14 Å². The van der Waals surface area contributed by atoms with Gasteiger partial charge in [-0.2, -0.15) is 0 Å². The lowest BCUT2D eigenvalue weighted by atomic mass is 10.2. The Labute approximate surface area is 91.1 Å². The van der Waals surface area contributed by atoms with Crippen molar-refractivity contribution < 1.29 is 13.6 Å². The van der Waals surface area contributed by atoms with E-state index in [-0.39, 0.29) is 5.91 Å². The molecule has 0 spiro atoms. The predicted octanol–water partition coefficient (Wildman–Crippen LogP) is 0.693. The predicted molar refractivity (Wildman–Crippen MR) is 58.6 cm³/mol. The molecule has 0 aliphatic heterocycles. The van der Waals surface area contributed by atoms with Crippen LogP contribution in [-0.2, 0) is 16.1 Å². The van der Waals surface area contributed by atoms with Gasteiger partial charge < -0.3 is 9.87 Å². The highest BCUT2D eigenvalue weighted by atomic mass is 32.2. The third kappa shape index (κ3) is 9.07. The fourth-order valence-corrected chi connectivity index (χ4v) is 0.926. The van der Waals surface area contributed by atoms with Gasteiger partial charge in [-0.1, -0.05) is 12.1 Å². The minimum Gasteiger partial charge on any atom is -0.760 e. The van der Waals surface area contributed by atoms with E-state index in [0.29, 0.717) is 0 Å². The van der Waals surface area contributed by atoms with E-state index in [1.165, 1.54) is 6.92 Å². The Morgan fingerprint density at radius 2 is 2.07 bits per heavy atom.